The molecule has 2 rings (SSSR count). The summed E-state index contributed by atoms with van der Waals surface area (Å²) in [6.07, 6.45) is 2.03. The molecule has 1 heterocycles. The van der Waals surface area contributed by atoms with E-state index in [2.05, 4.69) is 12.2 Å². The van der Waals surface area contributed by atoms with Crippen molar-refractivity contribution in [1.29, 1.82) is 0 Å². The van der Waals surface area contributed by atoms with Crippen molar-refractivity contribution in [3.05, 3.63) is 29.3 Å². The van der Waals surface area contributed by atoms with E-state index < -0.39 is 0 Å². The molecule has 1 aromatic rings. The average molecular weight is 247 g/mol. The Morgan fingerprint density at radius 1 is 1.44 bits per heavy atom. The molecule has 1 aromatic carbocycles. The number of ether oxygens (including phenoxy) is 1. The van der Waals surface area contributed by atoms with Gasteiger partial charge in [-0.05, 0) is 50.1 Å². The third-order valence-corrected chi connectivity index (χ3v) is 3.82. The lowest BCUT2D eigenvalue weighted by molar-refractivity contribution is 0.0772. The number of carbonyl (C=O) groups excluding carboxylic acids is 1. The van der Waals surface area contributed by atoms with Crippen molar-refractivity contribution in [3.8, 4) is 5.75 Å². The van der Waals surface area contributed by atoms with Gasteiger partial charge in [0.15, 0.2) is 5.78 Å². The number of rotatable bonds is 3. The summed E-state index contributed by atoms with van der Waals surface area (Å²) >= 11 is 0. The van der Waals surface area contributed by atoms with Gasteiger partial charge in [-0.3, -0.25) is 4.79 Å². The van der Waals surface area contributed by atoms with Gasteiger partial charge in [-0.1, -0.05) is 6.92 Å². The summed E-state index contributed by atoms with van der Waals surface area (Å²) in [5.41, 5.74) is 1.55. The van der Waals surface area contributed by atoms with Gasteiger partial charge in [-0.25, -0.2) is 0 Å². The number of hydrogen-bond acceptors (Lipinski definition) is 3. The first kappa shape index (κ1) is 13.1. The molecule has 0 spiro atoms. The SMILES string of the molecule is COc1ccc(C(=O)C2(C)CCCNC2)c(C)c1. The van der Waals surface area contributed by atoms with Gasteiger partial charge in [0.05, 0.1) is 7.11 Å². The zero-order chi connectivity index (χ0) is 13.2. The minimum atomic E-state index is -0.266. The van der Waals surface area contributed by atoms with Crippen LogP contribution in [0.5, 0.6) is 5.75 Å². The number of hydrogen-bond donors (Lipinski definition) is 1. The minimum Gasteiger partial charge on any atom is -0.497 e. The van der Waals surface area contributed by atoms with Crippen LogP contribution in [-0.4, -0.2) is 26.0 Å². The summed E-state index contributed by atoms with van der Waals surface area (Å²) in [7, 11) is 1.64. The predicted octanol–water partition coefficient (Wildman–Crippen LogP) is 2.58. The second-order valence-corrected chi connectivity index (χ2v) is 5.35. The Hall–Kier alpha value is -1.35. The Balaban J connectivity index is 2.28. The molecule has 0 saturated carbocycles. The lowest BCUT2D eigenvalue weighted by Crippen LogP contribution is -2.43. The van der Waals surface area contributed by atoms with Crippen LogP contribution in [-0.2, 0) is 0 Å². The molecule has 3 heteroatoms. The molecular formula is C15H21NO2. The minimum absolute atomic E-state index is 0.245. The monoisotopic (exact) mass is 247 g/mol. The molecule has 1 fully saturated rings. The highest BCUT2D eigenvalue weighted by Gasteiger charge is 2.35. The molecule has 0 radical (unpaired) electrons. The van der Waals surface area contributed by atoms with E-state index in [0.717, 1.165) is 42.8 Å². The normalized spacial score (nSPS) is 23.7. The molecule has 1 unspecified atom stereocenters. The molecule has 18 heavy (non-hydrogen) atoms. The number of nitrogens with one attached hydrogen (secondary N) is 1. The number of aryl methyl sites for hydroxylation is 1. The molecule has 3 nitrogen and oxygen atoms in total. The second kappa shape index (κ2) is 5.11. The van der Waals surface area contributed by atoms with E-state index in [1.165, 1.54) is 0 Å². The Morgan fingerprint density at radius 3 is 2.78 bits per heavy atom. The topological polar surface area (TPSA) is 38.3 Å². The Morgan fingerprint density at radius 2 is 2.22 bits per heavy atom. The van der Waals surface area contributed by atoms with Gasteiger partial charge in [0.2, 0.25) is 0 Å². The summed E-state index contributed by atoms with van der Waals surface area (Å²) in [5.74, 6) is 1.05. The molecule has 98 valence electrons. The molecule has 1 saturated heterocycles. The standard InChI is InChI=1S/C15H21NO2/c1-11-9-12(18-3)5-6-13(11)14(17)15(2)7-4-8-16-10-15/h5-6,9,16H,4,7-8,10H2,1-3H3. The number of carbonyl (C=O) groups is 1. The summed E-state index contributed by atoms with van der Waals surface area (Å²) in [6.45, 7) is 5.82. The van der Waals surface area contributed by atoms with E-state index in [1.807, 2.05) is 25.1 Å². The van der Waals surface area contributed by atoms with Crippen molar-refractivity contribution >= 4 is 5.78 Å². The zero-order valence-electron chi connectivity index (χ0n) is 11.4. The molecule has 1 aliphatic rings. The van der Waals surface area contributed by atoms with Crippen molar-refractivity contribution < 1.29 is 9.53 Å². The van der Waals surface area contributed by atoms with Crippen molar-refractivity contribution in [1.82, 2.24) is 5.32 Å². The van der Waals surface area contributed by atoms with Crippen LogP contribution in [0.4, 0.5) is 0 Å². The molecule has 0 aliphatic carbocycles. The lowest BCUT2D eigenvalue weighted by Gasteiger charge is -2.33. The molecule has 1 aliphatic heterocycles. The van der Waals surface area contributed by atoms with Crippen molar-refractivity contribution in [2.45, 2.75) is 26.7 Å². The van der Waals surface area contributed by atoms with Gasteiger partial charge in [0.25, 0.3) is 0 Å². The van der Waals surface area contributed by atoms with E-state index in [0.29, 0.717) is 0 Å². The van der Waals surface area contributed by atoms with Crippen LogP contribution in [0.3, 0.4) is 0 Å². The fourth-order valence-electron chi connectivity index (χ4n) is 2.59. The zero-order valence-corrected chi connectivity index (χ0v) is 11.4. The van der Waals surface area contributed by atoms with Crippen LogP contribution in [0.2, 0.25) is 0 Å². The van der Waals surface area contributed by atoms with Crippen molar-refractivity contribution in [3.63, 3.8) is 0 Å². The molecule has 0 bridgehead atoms. The summed E-state index contributed by atoms with van der Waals surface area (Å²) in [6, 6.07) is 5.67. The van der Waals surface area contributed by atoms with Crippen LogP contribution in [0, 0.1) is 12.3 Å². The number of ketones is 1. The van der Waals surface area contributed by atoms with E-state index in [1.54, 1.807) is 7.11 Å². The van der Waals surface area contributed by atoms with Gasteiger partial charge in [0, 0.05) is 17.5 Å². The third kappa shape index (κ3) is 2.41. The smallest absolute Gasteiger partial charge is 0.170 e. The molecule has 1 N–H and O–H groups in total. The van der Waals surface area contributed by atoms with Crippen molar-refractivity contribution in [2.24, 2.45) is 5.41 Å². The number of Topliss-reactive ketones (excluding diaryl/α,β-unsaturated/α-hetero) is 1. The highest BCUT2D eigenvalue weighted by Crippen LogP contribution is 2.31. The molecular weight excluding hydrogens is 226 g/mol. The summed E-state index contributed by atoms with van der Waals surface area (Å²) in [5, 5.41) is 3.32. The van der Waals surface area contributed by atoms with Crippen LogP contribution in [0.25, 0.3) is 0 Å². The van der Waals surface area contributed by atoms with E-state index >= 15 is 0 Å². The third-order valence-electron chi connectivity index (χ3n) is 3.82. The van der Waals surface area contributed by atoms with Crippen molar-refractivity contribution in [2.75, 3.05) is 20.2 Å². The van der Waals surface area contributed by atoms with Crippen LogP contribution in [0.15, 0.2) is 18.2 Å². The predicted molar refractivity (Wildman–Crippen MR) is 72.3 cm³/mol. The van der Waals surface area contributed by atoms with E-state index in [4.69, 9.17) is 4.74 Å². The second-order valence-electron chi connectivity index (χ2n) is 5.35. The maximum absolute atomic E-state index is 12.7. The molecule has 1 atom stereocenters. The quantitative estimate of drug-likeness (QED) is 0.834. The van der Waals surface area contributed by atoms with E-state index in [-0.39, 0.29) is 11.2 Å². The van der Waals surface area contributed by atoms with Crippen LogP contribution in [0.1, 0.15) is 35.7 Å². The molecule has 0 amide bonds. The number of methoxy groups -OCH3 is 1. The largest absolute Gasteiger partial charge is 0.497 e. The van der Waals surface area contributed by atoms with Crippen LogP contribution < -0.4 is 10.1 Å². The first-order valence-corrected chi connectivity index (χ1v) is 6.47. The summed E-state index contributed by atoms with van der Waals surface area (Å²) in [4.78, 5) is 12.7. The van der Waals surface area contributed by atoms with E-state index in [9.17, 15) is 4.79 Å². The Labute approximate surface area is 109 Å². The van der Waals surface area contributed by atoms with Gasteiger partial charge >= 0.3 is 0 Å². The highest BCUT2D eigenvalue weighted by molar-refractivity contribution is 6.01. The first-order valence-electron chi connectivity index (χ1n) is 6.47. The highest BCUT2D eigenvalue weighted by atomic mass is 16.5. The fourth-order valence-corrected chi connectivity index (χ4v) is 2.59. The number of benzene rings is 1. The average Bonchev–Trinajstić information content (AvgIpc) is 2.38. The maximum atomic E-state index is 12.7. The lowest BCUT2D eigenvalue weighted by atomic mass is 9.76. The summed E-state index contributed by atoms with van der Waals surface area (Å²) < 4.78 is 5.18. The van der Waals surface area contributed by atoms with Gasteiger partial charge < -0.3 is 10.1 Å². The molecule has 0 aromatic heterocycles. The fraction of sp³-hybridized carbons (Fsp3) is 0.533. The maximum Gasteiger partial charge on any atom is 0.170 e. The number of piperidine rings is 1. The van der Waals surface area contributed by atoms with Gasteiger partial charge in [-0.15, -0.1) is 0 Å². The van der Waals surface area contributed by atoms with Gasteiger partial charge in [-0.2, -0.15) is 0 Å². The Kier molecular flexibility index (Phi) is 3.71. The van der Waals surface area contributed by atoms with Crippen LogP contribution >= 0.6 is 0 Å². The Bertz CT molecular complexity index is 448. The van der Waals surface area contributed by atoms with Gasteiger partial charge in [0.1, 0.15) is 5.75 Å². The first-order chi connectivity index (χ1) is 8.57.